The van der Waals surface area contributed by atoms with Gasteiger partial charge in [0.05, 0.1) is 7.11 Å². The first-order valence-electron chi connectivity index (χ1n) is 5.41. The van der Waals surface area contributed by atoms with Crippen molar-refractivity contribution in [1.29, 1.82) is 0 Å². The van der Waals surface area contributed by atoms with Gasteiger partial charge in [-0.3, -0.25) is 0 Å². The molecule has 1 N–H and O–H groups in total. The monoisotopic (exact) mass is 257 g/mol. The average molecular weight is 257 g/mol. The summed E-state index contributed by atoms with van der Waals surface area (Å²) in [6, 6.07) is 0.279. The Bertz CT molecular complexity index is 390. The van der Waals surface area contributed by atoms with Gasteiger partial charge in [0.2, 0.25) is 0 Å². The molecule has 0 aliphatic carbocycles. The van der Waals surface area contributed by atoms with Crippen LogP contribution in [0.25, 0.3) is 0 Å². The smallest absolute Gasteiger partial charge is 0.357 e. The van der Waals surface area contributed by atoms with E-state index in [9.17, 15) is 4.79 Å². The van der Waals surface area contributed by atoms with E-state index in [0.717, 1.165) is 16.6 Å². The molecule has 0 bridgehead atoms. The number of hydrogen-bond acceptors (Lipinski definition) is 6. The Morgan fingerprint density at radius 1 is 1.59 bits per heavy atom. The fraction of sp³-hybridized carbons (Fsp3) is 0.636. The van der Waals surface area contributed by atoms with Gasteiger partial charge in [0.25, 0.3) is 0 Å². The highest BCUT2D eigenvalue weighted by Crippen LogP contribution is 2.23. The van der Waals surface area contributed by atoms with E-state index in [1.807, 2.05) is 21.0 Å². The SMILES string of the molecule is COC(=O)c1nc(NC(C)CN(C)C)sc1C. The first-order valence-corrected chi connectivity index (χ1v) is 6.22. The minimum atomic E-state index is -0.382. The van der Waals surface area contributed by atoms with E-state index in [2.05, 4.69) is 26.9 Å². The number of anilines is 1. The van der Waals surface area contributed by atoms with Gasteiger partial charge in [-0.1, -0.05) is 0 Å². The van der Waals surface area contributed by atoms with Crippen molar-refractivity contribution in [2.45, 2.75) is 19.9 Å². The number of hydrogen-bond donors (Lipinski definition) is 1. The molecule has 1 unspecified atom stereocenters. The molecule has 0 saturated heterocycles. The van der Waals surface area contributed by atoms with Crippen molar-refractivity contribution in [3.05, 3.63) is 10.6 Å². The van der Waals surface area contributed by atoms with Crippen molar-refractivity contribution in [3.8, 4) is 0 Å². The minimum absolute atomic E-state index is 0.279. The number of nitrogens with one attached hydrogen (secondary N) is 1. The first-order chi connectivity index (χ1) is 7.93. The molecule has 96 valence electrons. The molecule has 5 nitrogen and oxygen atoms in total. The van der Waals surface area contributed by atoms with Crippen LogP contribution in [0.2, 0.25) is 0 Å². The summed E-state index contributed by atoms with van der Waals surface area (Å²) in [4.78, 5) is 18.6. The Labute approximate surface area is 106 Å². The van der Waals surface area contributed by atoms with Gasteiger partial charge in [-0.25, -0.2) is 9.78 Å². The van der Waals surface area contributed by atoms with E-state index in [1.165, 1.54) is 18.4 Å². The Morgan fingerprint density at radius 3 is 2.76 bits per heavy atom. The third kappa shape index (κ3) is 3.98. The fourth-order valence-corrected chi connectivity index (χ4v) is 2.46. The molecule has 0 saturated carbocycles. The summed E-state index contributed by atoms with van der Waals surface area (Å²) >= 11 is 1.47. The molecule has 1 aromatic rings. The number of esters is 1. The Kier molecular flexibility index (Phi) is 4.89. The van der Waals surface area contributed by atoms with Crippen LogP contribution in [0.5, 0.6) is 0 Å². The van der Waals surface area contributed by atoms with Crippen LogP contribution < -0.4 is 5.32 Å². The molecule has 0 radical (unpaired) electrons. The molecule has 0 spiro atoms. The van der Waals surface area contributed by atoms with E-state index in [1.54, 1.807) is 0 Å². The molecule has 17 heavy (non-hydrogen) atoms. The van der Waals surface area contributed by atoms with Crippen LogP contribution >= 0.6 is 11.3 Å². The second-order valence-electron chi connectivity index (χ2n) is 4.22. The van der Waals surface area contributed by atoms with Gasteiger partial charge in [-0.2, -0.15) is 0 Å². The van der Waals surface area contributed by atoms with Crippen molar-refractivity contribution >= 4 is 22.4 Å². The van der Waals surface area contributed by atoms with Crippen LogP contribution in [0.1, 0.15) is 22.3 Å². The number of aromatic nitrogens is 1. The van der Waals surface area contributed by atoms with Crippen molar-refractivity contribution in [2.24, 2.45) is 0 Å². The fourth-order valence-electron chi connectivity index (χ4n) is 1.55. The molecule has 0 fully saturated rings. The summed E-state index contributed by atoms with van der Waals surface area (Å²) in [5, 5.41) is 4.03. The average Bonchev–Trinajstić information content (AvgIpc) is 2.56. The zero-order chi connectivity index (χ0) is 13.0. The molecule has 1 rings (SSSR count). The maximum absolute atomic E-state index is 11.4. The first kappa shape index (κ1) is 13.9. The number of carbonyl (C=O) groups is 1. The van der Waals surface area contributed by atoms with Crippen LogP contribution in [-0.4, -0.2) is 49.6 Å². The molecule has 0 aliphatic rings. The van der Waals surface area contributed by atoms with E-state index >= 15 is 0 Å². The van der Waals surface area contributed by atoms with E-state index in [-0.39, 0.29) is 12.0 Å². The topological polar surface area (TPSA) is 54.5 Å². The zero-order valence-corrected chi connectivity index (χ0v) is 11.7. The predicted molar refractivity (Wildman–Crippen MR) is 69.8 cm³/mol. The van der Waals surface area contributed by atoms with Crippen LogP contribution in [0.15, 0.2) is 0 Å². The molecule has 0 aromatic carbocycles. The molecular formula is C11H19N3O2S. The van der Waals surface area contributed by atoms with Gasteiger partial charge >= 0.3 is 5.97 Å². The molecule has 0 aliphatic heterocycles. The lowest BCUT2D eigenvalue weighted by molar-refractivity contribution is 0.0594. The standard InChI is InChI=1S/C11H19N3O2S/c1-7(6-14(3)4)12-11-13-9(8(2)17-11)10(15)16-5/h7H,6H2,1-5H3,(H,12,13). The van der Waals surface area contributed by atoms with Crippen LogP contribution in [0.3, 0.4) is 0 Å². The highest BCUT2D eigenvalue weighted by Gasteiger charge is 2.16. The number of thiazole rings is 1. The van der Waals surface area contributed by atoms with E-state index < -0.39 is 0 Å². The van der Waals surface area contributed by atoms with Crippen molar-refractivity contribution < 1.29 is 9.53 Å². The molecule has 1 aromatic heterocycles. The summed E-state index contributed by atoms with van der Waals surface area (Å²) in [7, 11) is 5.40. The number of aryl methyl sites for hydroxylation is 1. The summed E-state index contributed by atoms with van der Waals surface area (Å²) < 4.78 is 4.67. The number of ether oxygens (including phenoxy) is 1. The Balaban J connectivity index is 2.70. The second-order valence-corrected chi connectivity index (χ2v) is 5.43. The highest BCUT2D eigenvalue weighted by molar-refractivity contribution is 7.15. The summed E-state index contributed by atoms with van der Waals surface area (Å²) in [5.41, 5.74) is 0.400. The lowest BCUT2D eigenvalue weighted by atomic mass is 10.3. The van der Waals surface area contributed by atoms with Gasteiger partial charge in [0.15, 0.2) is 10.8 Å². The molecule has 6 heteroatoms. The summed E-state index contributed by atoms with van der Waals surface area (Å²) in [6.45, 7) is 4.85. The van der Waals surface area contributed by atoms with E-state index in [0.29, 0.717) is 5.69 Å². The van der Waals surface area contributed by atoms with Crippen LogP contribution in [-0.2, 0) is 4.74 Å². The molecule has 0 amide bonds. The van der Waals surface area contributed by atoms with Gasteiger partial charge in [0.1, 0.15) is 0 Å². The van der Waals surface area contributed by atoms with Crippen molar-refractivity contribution in [1.82, 2.24) is 9.88 Å². The number of nitrogens with zero attached hydrogens (tertiary/aromatic N) is 2. The van der Waals surface area contributed by atoms with Crippen LogP contribution in [0.4, 0.5) is 5.13 Å². The molecular weight excluding hydrogens is 238 g/mol. The molecule has 1 atom stereocenters. The van der Waals surface area contributed by atoms with Gasteiger partial charge in [-0.05, 0) is 27.9 Å². The lowest BCUT2D eigenvalue weighted by Crippen LogP contribution is -2.29. The zero-order valence-electron chi connectivity index (χ0n) is 10.9. The number of rotatable bonds is 5. The largest absolute Gasteiger partial charge is 0.464 e. The van der Waals surface area contributed by atoms with Crippen molar-refractivity contribution in [3.63, 3.8) is 0 Å². The van der Waals surface area contributed by atoms with E-state index in [4.69, 9.17) is 0 Å². The van der Waals surface area contributed by atoms with Gasteiger partial charge < -0.3 is 15.0 Å². The summed E-state index contributed by atoms with van der Waals surface area (Å²) in [5.74, 6) is -0.382. The van der Waals surface area contributed by atoms with Gasteiger partial charge in [-0.15, -0.1) is 11.3 Å². The maximum Gasteiger partial charge on any atom is 0.357 e. The highest BCUT2D eigenvalue weighted by atomic mass is 32.1. The normalized spacial score (nSPS) is 12.6. The second kappa shape index (κ2) is 5.97. The van der Waals surface area contributed by atoms with Crippen molar-refractivity contribution in [2.75, 3.05) is 33.1 Å². The Morgan fingerprint density at radius 2 is 2.24 bits per heavy atom. The maximum atomic E-state index is 11.4. The van der Waals surface area contributed by atoms with Crippen LogP contribution in [0, 0.1) is 6.92 Å². The molecule has 1 heterocycles. The summed E-state index contributed by atoms with van der Waals surface area (Å²) in [6.07, 6.45) is 0. The van der Waals surface area contributed by atoms with Gasteiger partial charge in [0, 0.05) is 17.5 Å². The number of methoxy groups -OCH3 is 1. The quantitative estimate of drug-likeness (QED) is 0.812. The predicted octanol–water partition coefficient (Wildman–Crippen LogP) is 1.60. The minimum Gasteiger partial charge on any atom is -0.464 e. The third-order valence-electron chi connectivity index (χ3n) is 2.18. The third-order valence-corrected chi connectivity index (χ3v) is 3.09. The Hall–Kier alpha value is -1.14. The number of likely N-dealkylation sites (N-methyl/N-ethyl adjacent to an activating group) is 1. The number of carbonyl (C=O) groups excluding carboxylic acids is 1. The lowest BCUT2D eigenvalue weighted by Gasteiger charge is -2.17.